The first kappa shape index (κ1) is 16.2. The molecule has 2 rings (SSSR count). The number of nitrogens with one attached hydrogen (secondary N) is 1. The first-order valence-electron chi connectivity index (χ1n) is 6.91. The number of aryl methyl sites for hydroxylation is 1. The van der Waals surface area contributed by atoms with Gasteiger partial charge in [0.05, 0.1) is 0 Å². The molecule has 0 aliphatic rings. The molecule has 0 spiro atoms. The van der Waals surface area contributed by atoms with Crippen LogP contribution in [0.5, 0.6) is 11.5 Å². The van der Waals surface area contributed by atoms with E-state index >= 15 is 0 Å². The standard InChI is InChI=1S/C17H19Cl2NO/c1-11(2)20-10-13-6-12(3)4-5-17(13)21-16-8-14(18)7-15(19)9-16/h4-9,11,20H,10H2,1-3H3. The van der Waals surface area contributed by atoms with Crippen molar-refractivity contribution >= 4 is 23.2 Å². The molecule has 0 saturated heterocycles. The maximum atomic E-state index is 6.01. The molecule has 0 unspecified atom stereocenters. The Labute approximate surface area is 136 Å². The number of hydrogen-bond acceptors (Lipinski definition) is 2. The second kappa shape index (κ2) is 7.17. The number of rotatable bonds is 5. The van der Waals surface area contributed by atoms with Crippen LogP contribution in [0.2, 0.25) is 10.0 Å². The highest BCUT2D eigenvalue weighted by Gasteiger charge is 2.08. The number of benzene rings is 2. The summed E-state index contributed by atoms with van der Waals surface area (Å²) in [5.74, 6) is 1.45. The van der Waals surface area contributed by atoms with Gasteiger partial charge in [0.2, 0.25) is 0 Å². The van der Waals surface area contributed by atoms with Crippen molar-refractivity contribution in [2.45, 2.75) is 33.4 Å². The largest absolute Gasteiger partial charge is 0.457 e. The van der Waals surface area contributed by atoms with E-state index in [0.717, 1.165) is 17.9 Å². The smallest absolute Gasteiger partial charge is 0.131 e. The third-order valence-corrected chi connectivity index (χ3v) is 3.42. The molecule has 0 fully saturated rings. The van der Waals surface area contributed by atoms with Crippen LogP contribution in [0.4, 0.5) is 0 Å². The molecular weight excluding hydrogens is 305 g/mol. The van der Waals surface area contributed by atoms with Crippen LogP contribution in [0.15, 0.2) is 36.4 Å². The zero-order chi connectivity index (χ0) is 15.4. The topological polar surface area (TPSA) is 21.3 Å². The lowest BCUT2D eigenvalue weighted by Crippen LogP contribution is -2.22. The van der Waals surface area contributed by atoms with E-state index in [9.17, 15) is 0 Å². The first-order valence-corrected chi connectivity index (χ1v) is 7.66. The Morgan fingerprint density at radius 2 is 1.71 bits per heavy atom. The summed E-state index contributed by atoms with van der Waals surface area (Å²) in [6.07, 6.45) is 0. The summed E-state index contributed by atoms with van der Waals surface area (Å²) in [5, 5.41) is 4.53. The van der Waals surface area contributed by atoms with Crippen molar-refractivity contribution < 1.29 is 4.74 Å². The predicted molar refractivity (Wildman–Crippen MR) is 89.7 cm³/mol. The average Bonchev–Trinajstić information content (AvgIpc) is 2.37. The highest BCUT2D eigenvalue weighted by molar-refractivity contribution is 6.34. The van der Waals surface area contributed by atoms with Gasteiger partial charge in [0, 0.05) is 28.2 Å². The summed E-state index contributed by atoms with van der Waals surface area (Å²) in [6.45, 7) is 7.06. The SMILES string of the molecule is Cc1ccc(Oc2cc(Cl)cc(Cl)c2)c(CNC(C)C)c1. The Morgan fingerprint density at radius 1 is 1.05 bits per heavy atom. The molecule has 2 aromatic carbocycles. The summed E-state index contributed by atoms with van der Waals surface area (Å²) in [5.41, 5.74) is 2.31. The van der Waals surface area contributed by atoms with Gasteiger partial charge >= 0.3 is 0 Å². The van der Waals surface area contributed by atoms with E-state index in [-0.39, 0.29) is 0 Å². The molecule has 4 heteroatoms. The second-order valence-electron chi connectivity index (χ2n) is 5.35. The third kappa shape index (κ3) is 4.92. The molecule has 0 aliphatic carbocycles. The van der Waals surface area contributed by atoms with Crippen molar-refractivity contribution in [3.63, 3.8) is 0 Å². The average molecular weight is 324 g/mol. The zero-order valence-corrected chi connectivity index (χ0v) is 13.9. The molecular formula is C17H19Cl2NO. The summed E-state index contributed by atoms with van der Waals surface area (Å²) in [4.78, 5) is 0. The summed E-state index contributed by atoms with van der Waals surface area (Å²) < 4.78 is 5.95. The van der Waals surface area contributed by atoms with Gasteiger partial charge in [-0.25, -0.2) is 0 Å². The van der Waals surface area contributed by atoms with E-state index in [4.69, 9.17) is 27.9 Å². The number of hydrogen-bond donors (Lipinski definition) is 1. The Bertz CT molecular complexity index is 606. The molecule has 0 amide bonds. The molecule has 2 nitrogen and oxygen atoms in total. The molecule has 0 saturated carbocycles. The van der Waals surface area contributed by atoms with Crippen LogP contribution in [0.25, 0.3) is 0 Å². The number of ether oxygens (including phenoxy) is 1. The van der Waals surface area contributed by atoms with Gasteiger partial charge in [-0.15, -0.1) is 0 Å². The van der Waals surface area contributed by atoms with Crippen molar-refractivity contribution in [2.24, 2.45) is 0 Å². The minimum absolute atomic E-state index is 0.416. The first-order chi connectivity index (χ1) is 9.94. The molecule has 1 N–H and O–H groups in total. The highest BCUT2D eigenvalue weighted by atomic mass is 35.5. The van der Waals surface area contributed by atoms with E-state index in [2.05, 4.69) is 32.2 Å². The van der Waals surface area contributed by atoms with Gasteiger partial charge in [-0.1, -0.05) is 54.7 Å². The van der Waals surface area contributed by atoms with Crippen LogP contribution in [0.3, 0.4) is 0 Å². The van der Waals surface area contributed by atoms with Crippen LogP contribution in [0.1, 0.15) is 25.0 Å². The van der Waals surface area contributed by atoms with Gasteiger partial charge in [0.15, 0.2) is 0 Å². The van der Waals surface area contributed by atoms with Crippen LogP contribution < -0.4 is 10.1 Å². The molecule has 0 radical (unpaired) electrons. The lowest BCUT2D eigenvalue weighted by molar-refractivity contribution is 0.469. The van der Waals surface area contributed by atoms with E-state index in [1.807, 2.05) is 12.1 Å². The molecule has 112 valence electrons. The van der Waals surface area contributed by atoms with Crippen molar-refractivity contribution in [2.75, 3.05) is 0 Å². The Kier molecular flexibility index (Phi) is 5.51. The van der Waals surface area contributed by atoms with Crippen LogP contribution in [0, 0.1) is 6.92 Å². The summed E-state index contributed by atoms with van der Waals surface area (Å²) in [7, 11) is 0. The Balaban J connectivity index is 2.25. The lowest BCUT2D eigenvalue weighted by atomic mass is 10.1. The maximum Gasteiger partial charge on any atom is 0.131 e. The van der Waals surface area contributed by atoms with Crippen molar-refractivity contribution in [1.82, 2.24) is 5.32 Å². The second-order valence-corrected chi connectivity index (χ2v) is 6.23. The normalized spacial score (nSPS) is 11.0. The van der Waals surface area contributed by atoms with Crippen molar-refractivity contribution in [3.8, 4) is 11.5 Å². The van der Waals surface area contributed by atoms with Gasteiger partial charge in [-0.05, 0) is 31.2 Å². The third-order valence-electron chi connectivity index (χ3n) is 2.98. The molecule has 21 heavy (non-hydrogen) atoms. The maximum absolute atomic E-state index is 6.01. The van der Waals surface area contributed by atoms with E-state index in [1.165, 1.54) is 5.56 Å². The monoisotopic (exact) mass is 323 g/mol. The van der Waals surface area contributed by atoms with E-state index in [0.29, 0.717) is 21.8 Å². The fourth-order valence-electron chi connectivity index (χ4n) is 1.97. The van der Waals surface area contributed by atoms with Gasteiger partial charge in [-0.3, -0.25) is 0 Å². The van der Waals surface area contributed by atoms with E-state index in [1.54, 1.807) is 18.2 Å². The molecule has 0 bridgehead atoms. The van der Waals surface area contributed by atoms with Crippen molar-refractivity contribution in [1.29, 1.82) is 0 Å². The molecule has 0 aliphatic heterocycles. The highest BCUT2D eigenvalue weighted by Crippen LogP contribution is 2.30. The zero-order valence-electron chi connectivity index (χ0n) is 12.4. The quantitative estimate of drug-likeness (QED) is 0.774. The fourth-order valence-corrected chi connectivity index (χ4v) is 2.48. The summed E-state index contributed by atoms with van der Waals surface area (Å²) >= 11 is 12.0. The van der Waals surface area contributed by atoms with Crippen LogP contribution >= 0.6 is 23.2 Å². The van der Waals surface area contributed by atoms with Crippen LogP contribution in [-0.2, 0) is 6.54 Å². The molecule has 0 aromatic heterocycles. The minimum atomic E-state index is 0.416. The fraction of sp³-hybridized carbons (Fsp3) is 0.294. The summed E-state index contributed by atoms with van der Waals surface area (Å²) in [6, 6.07) is 11.7. The van der Waals surface area contributed by atoms with E-state index < -0.39 is 0 Å². The van der Waals surface area contributed by atoms with Gasteiger partial charge in [0.25, 0.3) is 0 Å². The molecule has 2 aromatic rings. The van der Waals surface area contributed by atoms with Crippen LogP contribution in [-0.4, -0.2) is 6.04 Å². The predicted octanol–water partition coefficient (Wildman–Crippen LogP) is 5.59. The molecule has 0 atom stereocenters. The number of halogens is 2. The van der Waals surface area contributed by atoms with Crippen molar-refractivity contribution in [3.05, 3.63) is 57.6 Å². The Morgan fingerprint density at radius 3 is 2.33 bits per heavy atom. The molecule has 0 heterocycles. The lowest BCUT2D eigenvalue weighted by Gasteiger charge is -2.14. The van der Waals surface area contributed by atoms with Gasteiger partial charge < -0.3 is 10.1 Å². The Hall–Kier alpha value is -1.22. The van der Waals surface area contributed by atoms with Gasteiger partial charge in [-0.2, -0.15) is 0 Å². The van der Waals surface area contributed by atoms with Gasteiger partial charge in [0.1, 0.15) is 11.5 Å². The minimum Gasteiger partial charge on any atom is -0.457 e.